The first-order valence-corrected chi connectivity index (χ1v) is 7.81. The Hall–Kier alpha value is -0.690. The lowest BCUT2D eigenvalue weighted by Gasteiger charge is -2.13. The second-order valence-electron chi connectivity index (χ2n) is 4.72. The molecule has 0 spiro atoms. The van der Waals surface area contributed by atoms with E-state index in [0.717, 1.165) is 28.8 Å². The van der Waals surface area contributed by atoms with E-state index in [1.54, 1.807) is 11.3 Å². The van der Waals surface area contributed by atoms with Gasteiger partial charge in [-0.05, 0) is 30.2 Å². The van der Waals surface area contributed by atoms with Gasteiger partial charge < -0.3 is 11.1 Å². The maximum Gasteiger partial charge on any atom is 0.226 e. The van der Waals surface area contributed by atoms with E-state index in [4.69, 9.17) is 5.73 Å². The van der Waals surface area contributed by atoms with Crippen LogP contribution in [-0.4, -0.2) is 16.9 Å². The number of thiophene rings is 1. The van der Waals surface area contributed by atoms with Crippen LogP contribution in [0.2, 0.25) is 0 Å². The Morgan fingerprint density at radius 2 is 2.37 bits per heavy atom. The second kappa shape index (κ2) is 6.17. The number of hydrogen-bond donors (Lipinski definition) is 2. The van der Waals surface area contributed by atoms with Crippen molar-refractivity contribution >= 4 is 55.6 Å². The van der Waals surface area contributed by atoms with E-state index in [9.17, 15) is 4.79 Å². The molecule has 1 amide bonds. The molecule has 2 atom stereocenters. The summed E-state index contributed by atoms with van der Waals surface area (Å²) in [5.74, 6) is 0.379. The number of amides is 1. The minimum atomic E-state index is 0. The van der Waals surface area contributed by atoms with E-state index in [0.29, 0.717) is 17.5 Å². The number of thiazole rings is 1. The molecule has 0 saturated heterocycles. The topological polar surface area (TPSA) is 68.0 Å². The van der Waals surface area contributed by atoms with Crippen molar-refractivity contribution in [2.24, 2.45) is 11.7 Å². The molecule has 3 rings (SSSR count). The second-order valence-corrected chi connectivity index (χ2v) is 6.89. The summed E-state index contributed by atoms with van der Waals surface area (Å²) in [5.41, 5.74) is 6.94. The van der Waals surface area contributed by atoms with E-state index < -0.39 is 0 Å². The normalized spacial score (nSPS) is 22.4. The smallest absolute Gasteiger partial charge is 0.226 e. The Balaban J connectivity index is 0.00000133. The van der Waals surface area contributed by atoms with Gasteiger partial charge in [0.25, 0.3) is 0 Å². The van der Waals surface area contributed by atoms with E-state index >= 15 is 0 Å². The van der Waals surface area contributed by atoms with Gasteiger partial charge in [0.15, 0.2) is 5.13 Å². The molecule has 1 aliphatic rings. The van der Waals surface area contributed by atoms with Crippen molar-refractivity contribution in [1.82, 2.24) is 4.98 Å². The van der Waals surface area contributed by atoms with E-state index in [2.05, 4.69) is 10.3 Å². The van der Waals surface area contributed by atoms with Gasteiger partial charge in [0.2, 0.25) is 5.91 Å². The first kappa shape index (κ1) is 14.7. The highest BCUT2D eigenvalue weighted by Gasteiger charge is 2.26. The Morgan fingerprint density at radius 3 is 3.05 bits per heavy atom. The van der Waals surface area contributed by atoms with Crippen LogP contribution in [0.15, 0.2) is 11.4 Å². The summed E-state index contributed by atoms with van der Waals surface area (Å²) in [6, 6.07) is 2.16. The van der Waals surface area contributed by atoms with Crippen molar-refractivity contribution in [1.29, 1.82) is 0 Å². The molecule has 0 bridgehead atoms. The Labute approximate surface area is 125 Å². The number of nitrogens with one attached hydrogen (secondary N) is 1. The van der Waals surface area contributed by atoms with Gasteiger partial charge in [0.1, 0.15) is 4.01 Å². The number of carbonyl (C=O) groups is 1. The number of nitrogens with zero attached hydrogens (tertiary/aromatic N) is 1. The van der Waals surface area contributed by atoms with E-state index in [1.807, 2.05) is 11.4 Å². The van der Waals surface area contributed by atoms with Crippen LogP contribution in [0.4, 0.5) is 5.13 Å². The molecule has 2 heterocycles. The number of halogens is 1. The summed E-state index contributed by atoms with van der Waals surface area (Å²) in [6.07, 6.45) is 3.78. The largest absolute Gasteiger partial charge is 0.327 e. The van der Waals surface area contributed by atoms with E-state index in [-0.39, 0.29) is 24.4 Å². The minimum Gasteiger partial charge on any atom is -0.327 e. The Morgan fingerprint density at radius 1 is 1.53 bits per heavy atom. The molecule has 1 fully saturated rings. The molecule has 1 saturated carbocycles. The predicted octanol–water partition coefficient (Wildman–Crippen LogP) is 3.24. The molecule has 104 valence electrons. The highest BCUT2D eigenvalue weighted by atomic mass is 35.5. The van der Waals surface area contributed by atoms with Gasteiger partial charge in [-0.25, -0.2) is 4.98 Å². The Kier molecular flexibility index (Phi) is 4.78. The van der Waals surface area contributed by atoms with Crippen LogP contribution in [0.25, 0.3) is 9.53 Å². The monoisotopic (exact) mass is 317 g/mol. The minimum absolute atomic E-state index is 0. The number of nitrogens with two attached hydrogens (primary N) is 1. The lowest BCUT2D eigenvalue weighted by molar-refractivity contribution is -0.117. The average Bonchev–Trinajstić information content (AvgIpc) is 2.96. The number of hydrogen-bond acceptors (Lipinski definition) is 5. The maximum atomic E-state index is 11.9. The van der Waals surface area contributed by atoms with Crippen LogP contribution in [0.5, 0.6) is 0 Å². The number of anilines is 1. The third kappa shape index (κ3) is 3.25. The third-order valence-corrected chi connectivity index (χ3v) is 5.45. The molecule has 1 aliphatic carbocycles. The SMILES string of the molecule is Cl.N[C@@H]1CCC[C@H]1CC(=O)Nc1nc2ccsc2s1. The summed E-state index contributed by atoms with van der Waals surface area (Å²) in [5, 5.41) is 5.60. The molecule has 0 aliphatic heterocycles. The third-order valence-electron chi connectivity index (χ3n) is 3.43. The van der Waals surface area contributed by atoms with Gasteiger partial charge >= 0.3 is 0 Å². The van der Waals surface area contributed by atoms with Gasteiger partial charge in [-0.15, -0.1) is 23.7 Å². The molecular formula is C12H16ClN3OS2. The molecule has 2 aromatic heterocycles. The molecule has 0 aromatic carbocycles. The summed E-state index contributed by atoms with van der Waals surface area (Å²) >= 11 is 3.19. The molecular weight excluding hydrogens is 302 g/mol. The molecule has 7 heteroatoms. The van der Waals surface area contributed by atoms with Crippen LogP contribution < -0.4 is 11.1 Å². The van der Waals surface area contributed by atoms with Crippen LogP contribution in [0, 0.1) is 5.92 Å². The van der Waals surface area contributed by atoms with E-state index in [1.165, 1.54) is 11.3 Å². The number of fused-ring (bicyclic) bond motifs is 1. The van der Waals surface area contributed by atoms with Crippen LogP contribution in [-0.2, 0) is 4.79 Å². The molecule has 4 nitrogen and oxygen atoms in total. The highest BCUT2D eigenvalue weighted by Crippen LogP contribution is 2.31. The van der Waals surface area contributed by atoms with Gasteiger partial charge in [0.05, 0.1) is 5.52 Å². The summed E-state index contributed by atoms with van der Waals surface area (Å²) in [6.45, 7) is 0. The standard InChI is InChI=1S/C12H15N3OS2.ClH/c13-8-3-1-2-7(8)6-10(16)15-12-14-9-4-5-17-11(9)18-12;/h4-5,7-8H,1-3,6,13H2,(H,14,15,16);1H/t7-,8+;/m0./s1. The zero-order chi connectivity index (χ0) is 12.5. The van der Waals surface area contributed by atoms with Gasteiger partial charge in [-0.2, -0.15) is 0 Å². The van der Waals surface area contributed by atoms with Crippen molar-refractivity contribution in [2.75, 3.05) is 5.32 Å². The quantitative estimate of drug-likeness (QED) is 0.913. The lowest BCUT2D eigenvalue weighted by Crippen LogP contribution is -2.28. The molecule has 0 unspecified atom stereocenters. The fourth-order valence-electron chi connectivity index (χ4n) is 2.45. The Bertz CT molecular complexity index is 540. The molecule has 0 radical (unpaired) electrons. The summed E-state index contributed by atoms with van der Waals surface area (Å²) in [7, 11) is 0. The first-order chi connectivity index (χ1) is 8.72. The maximum absolute atomic E-state index is 11.9. The van der Waals surface area contributed by atoms with Gasteiger partial charge in [0, 0.05) is 12.5 Å². The number of aromatic nitrogens is 1. The van der Waals surface area contributed by atoms with Gasteiger partial charge in [-0.1, -0.05) is 17.8 Å². The van der Waals surface area contributed by atoms with Crippen LogP contribution >= 0.6 is 35.1 Å². The van der Waals surface area contributed by atoms with Crippen molar-refractivity contribution in [2.45, 2.75) is 31.7 Å². The zero-order valence-corrected chi connectivity index (χ0v) is 12.7. The van der Waals surface area contributed by atoms with Crippen molar-refractivity contribution < 1.29 is 4.79 Å². The van der Waals surface area contributed by atoms with Crippen molar-refractivity contribution in [3.63, 3.8) is 0 Å². The lowest BCUT2D eigenvalue weighted by atomic mass is 10.00. The fraction of sp³-hybridized carbons (Fsp3) is 0.500. The van der Waals surface area contributed by atoms with Crippen LogP contribution in [0.3, 0.4) is 0 Å². The summed E-state index contributed by atoms with van der Waals surface area (Å²) in [4.78, 5) is 16.3. The van der Waals surface area contributed by atoms with Gasteiger partial charge in [-0.3, -0.25) is 4.79 Å². The van der Waals surface area contributed by atoms with Crippen molar-refractivity contribution in [3.8, 4) is 0 Å². The highest BCUT2D eigenvalue weighted by molar-refractivity contribution is 7.39. The first-order valence-electron chi connectivity index (χ1n) is 6.12. The molecule has 19 heavy (non-hydrogen) atoms. The number of carbonyl (C=O) groups excluding carboxylic acids is 1. The van der Waals surface area contributed by atoms with Crippen LogP contribution in [0.1, 0.15) is 25.7 Å². The fourth-order valence-corrected chi connectivity index (χ4v) is 4.30. The molecule has 2 aromatic rings. The summed E-state index contributed by atoms with van der Waals surface area (Å²) < 4.78 is 1.16. The average molecular weight is 318 g/mol. The van der Waals surface area contributed by atoms with Crippen molar-refractivity contribution in [3.05, 3.63) is 11.4 Å². The molecule has 3 N–H and O–H groups in total. The number of rotatable bonds is 3. The predicted molar refractivity (Wildman–Crippen MR) is 83.3 cm³/mol. The zero-order valence-electron chi connectivity index (χ0n) is 10.3.